The molecule has 2 heterocycles. The fraction of sp³-hybridized carbons (Fsp3) is 0.364. The lowest BCUT2D eigenvalue weighted by atomic mass is 9.75. The molecule has 0 aliphatic carbocycles. The molecule has 2 aliphatic heterocycles. The smallest absolute Gasteiger partial charge is 0.265 e. The Kier molecular flexibility index (Phi) is 5.33. The SMILES string of the molecule is N#CC1(Cc2ccc(F)cc2)CCN(C(=O)C2CNc3cc(Cl)ccc3O2)CC1. The summed E-state index contributed by atoms with van der Waals surface area (Å²) in [4.78, 5) is 14.7. The van der Waals surface area contributed by atoms with Gasteiger partial charge in [0.2, 0.25) is 0 Å². The van der Waals surface area contributed by atoms with Crippen molar-refractivity contribution in [2.24, 2.45) is 5.41 Å². The number of fused-ring (bicyclic) bond motifs is 1. The van der Waals surface area contributed by atoms with E-state index in [0.29, 0.717) is 49.7 Å². The normalized spacial score (nSPS) is 20.0. The van der Waals surface area contributed by atoms with Gasteiger partial charge in [0, 0.05) is 18.1 Å². The predicted molar refractivity (Wildman–Crippen MR) is 108 cm³/mol. The van der Waals surface area contributed by atoms with Crippen LogP contribution in [0.15, 0.2) is 42.5 Å². The van der Waals surface area contributed by atoms with E-state index >= 15 is 0 Å². The standard InChI is InChI=1S/C22H21ClFN3O2/c23-16-3-6-19-18(11-16)26-13-20(29-19)21(28)27-9-7-22(14-25,8-10-27)12-15-1-4-17(24)5-2-15/h1-6,11,20,26H,7-10,12-13H2. The molecule has 150 valence electrons. The Morgan fingerprint density at radius 1 is 1.28 bits per heavy atom. The van der Waals surface area contributed by atoms with E-state index in [1.165, 1.54) is 12.1 Å². The summed E-state index contributed by atoms with van der Waals surface area (Å²) >= 11 is 5.99. The Bertz CT molecular complexity index is 950. The predicted octanol–water partition coefficient (Wildman–Crippen LogP) is 4.03. The Morgan fingerprint density at radius 3 is 2.69 bits per heavy atom. The van der Waals surface area contributed by atoms with E-state index in [9.17, 15) is 14.4 Å². The first-order valence-electron chi connectivity index (χ1n) is 9.63. The van der Waals surface area contributed by atoms with Crippen LogP contribution in [0.4, 0.5) is 10.1 Å². The molecular formula is C22H21ClFN3O2. The van der Waals surface area contributed by atoms with Gasteiger partial charge in [-0.3, -0.25) is 4.79 Å². The van der Waals surface area contributed by atoms with E-state index in [1.807, 2.05) is 0 Å². The molecule has 0 radical (unpaired) electrons. The highest BCUT2D eigenvalue weighted by molar-refractivity contribution is 6.30. The molecule has 0 aromatic heterocycles. The van der Waals surface area contributed by atoms with E-state index in [0.717, 1.165) is 11.3 Å². The zero-order valence-corrected chi connectivity index (χ0v) is 16.6. The van der Waals surface area contributed by atoms with Gasteiger partial charge in [0.25, 0.3) is 5.91 Å². The zero-order valence-electron chi connectivity index (χ0n) is 15.8. The van der Waals surface area contributed by atoms with Gasteiger partial charge in [0.05, 0.1) is 23.7 Å². The van der Waals surface area contributed by atoms with Crippen LogP contribution in [0.2, 0.25) is 5.02 Å². The number of carbonyl (C=O) groups is 1. The third-order valence-electron chi connectivity index (χ3n) is 5.69. The molecule has 0 spiro atoms. The van der Waals surface area contributed by atoms with Gasteiger partial charge in [-0.2, -0.15) is 5.26 Å². The third kappa shape index (κ3) is 4.15. The Hall–Kier alpha value is -2.78. The molecule has 1 saturated heterocycles. The van der Waals surface area contributed by atoms with E-state index in [2.05, 4.69) is 11.4 Å². The second kappa shape index (κ2) is 7.92. The zero-order chi connectivity index (χ0) is 20.4. The maximum Gasteiger partial charge on any atom is 0.265 e. The van der Waals surface area contributed by atoms with Gasteiger partial charge in [-0.15, -0.1) is 0 Å². The van der Waals surface area contributed by atoms with E-state index in [1.54, 1.807) is 35.2 Å². The van der Waals surface area contributed by atoms with Crippen LogP contribution in [0.25, 0.3) is 0 Å². The highest BCUT2D eigenvalue weighted by Gasteiger charge is 2.39. The average Bonchev–Trinajstić information content (AvgIpc) is 2.75. The second-order valence-corrected chi connectivity index (χ2v) is 8.08. The number of benzene rings is 2. The number of piperidine rings is 1. The van der Waals surface area contributed by atoms with Crippen molar-refractivity contribution in [3.63, 3.8) is 0 Å². The number of hydrogen-bond donors (Lipinski definition) is 1. The van der Waals surface area contributed by atoms with Crippen LogP contribution in [-0.2, 0) is 11.2 Å². The maximum absolute atomic E-state index is 13.1. The number of amides is 1. The van der Waals surface area contributed by atoms with Crippen LogP contribution in [0.5, 0.6) is 5.75 Å². The molecule has 2 aromatic rings. The van der Waals surface area contributed by atoms with E-state index in [4.69, 9.17) is 16.3 Å². The van der Waals surface area contributed by atoms with Crippen molar-refractivity contribution in [2.45, 2.75) is 25.4 Å². The lowest BCUT2D eigenvalue weighted by molar-refractivity contribution is -0.140. The summed E-state index contributed by atoms with van der Waals surface area (Å²) in [6.45, 7) is 1.38. The molecule has 2 aliphatic rings. The fourth-order valence-electron chi connectivity index (χ4n) is 3.96. The van der Waals surface area contributed by atoms with Gasteiger partial charge >= 0.3 is 0 Å². The number of carbonyl (C=O) groups excluding carboxylic acids is 1. The Morgan fingerprint density at radius 2 is 2.00 bits per heavy atom. The van der Waals surface area contributed by atoms with Crippen molar-refractivity contribution >= 4 is 23.2 Å². The van der Waals surface area contributed by atoms with Gasteiger partial charge in [0.1, 0.15) is 11.6 Å². The number of nitrogens with one attached hydrogen (secondary N) is 1. The number of nitriles is 1. The molecule has 2 aromatic carbocycles. The molecule has 1 fully saturated rings. The highest BCUT2D eigenvalue weighted by Crippen LogP contribution is 2.36. The maximum atomic E-state index is 13.1. The number of anilines is 1. The van der Waals surface area contributed by atoms with Crippen molar-refractivity contribution < 1.29 is 13.9 Å². The molecule has 29 heavy (non-hydrogen) atoms. The molecule has 0 saturated carbocycles. The highest BCUT2D eigenvalue weighted by atomic mass is 35.5. The van der Waals surface area contributed by atoms with Crippen molar-refractivity contribution in [3.8, 4) is 11.8 Å². The summed E-state index contributed by atoms with van der Waals surface area (Å²) in [6.07, 6.45) is 1.12. The molecule has 1 N–H and O–H groups in total. The lowest BCUT2D eigenvalue weighted by Crippen LogP contribution is -2.51. The molecule has 1 amide bonds. The summed E-state index contributed by atoms with van der Waals surface area (Å²) in [6, 6.07) is 14.0. The van der Waals surface area contributed by atoms with Crippen molar-refractivity contribution in [2.75, 3.05) is 25.0 Å². The van der Waals surface area contributed by atoms with Crippen LogP contribution in [0.1, 0.15) is 18.4 Å². The summed E-state index contributed by atoms with van der Waals surface area (Å²) in [5, 5.41) is 13.6. The fourth-order valence-corrected chi connectivity index (χ4v) is 4.13. The third-order valence-corrected chi connectivity index (χ3v) is 5.92. The summed E-state index contributed by atoms with van der Waals surface area (Å²) in [7, 11) is 0. The minimum atomic E-state index is -0.602. The van der Waals surface area contributed by atoms with Crippen LogP contribution >= 0.6 is 11.6 Å². The first kappa shape index (κ1) is 19.5. The number of rotatable bonds is 3. The number of likely N-dealkylation sites (tertiary alicyclic amines) is 1. The van der Waals surface area contributed by atoms with Crippen LogP contribution in [0.3, 0.4) is 0 Å². The Balaban J connectivity index is 1.38. The second-order valence-electron chi connectivity index (χ2n) is 7.65. The number of halogens is 2. The van der Waals surface area contributed by atoms with Crippen LogP contribution in [-0.4, -0.2) is 36.5 Å². The average molecular weight is 414 g/mol. The van der Waals surface area contributed by atoms with Gasteiger partial charge < -0.3 is 15.0 Å². The number of hydrogen-bond acceptors (Lipinski definition) is 4. The monoisotopic (exact) mass is 413 g/mol. The number of nitrogens with zero attached hydrogens (tertiary/aromatic N) is 2. The largest absolute Gasteiger partial charge is 0.477 e. The Labute approximate surface area is 174 Å². The molecule has 4 rings (SSSR count). The van der Waals surface area contributed by atoms with Crippen LogP contribution < -0.4 is 10.1 Å². The molecule has 0 bridgehead atoms. The topological polar surface area (TPSA) is 65.4 Å². The minimum Gasteiger partial charge on any atom is -0.477 e. The first-order valence-corrected chi connectivity index (χ1v) is 10.0. The number of ether oxygens (including phenoxy) is 1. The van der Waals surface area contributed by atoms with Crippen LogP contribution in [0, 0.1) is 22.6 Å². The van der Waals surface area contributed by atoms with E-state index < -0.39 is 11.5 Å². The summed E-state index contributed by atoms with van der Waals surface area (Å²) in [5.41, 5.74) is 1.18. The minimum absolute atomic E-state index is 0.0774. The summed E-state index contributed by atoms with van der Waals surface area (Å²) < 4.78 is 19.0. The van der Waals surface area contributed by atoms with Gasteiger partial charge in [0.15, 0.2) is 6.10 Å². The van der Waals surface area contributed by atoms with Gasteiger partial charge in [-0.25, -0.2) is 4.39 Å². The molecule has 5 nitrogen and oxygen atoms in total. The molecule has 1 atom stereocenters. The molecule has 1 unspecified atom stereocenters. The van der Waals surface area contributed by atoms with Gasteiger partial charge in [-0.1, -0.05) is 23.7 Å². The van der Waals surface area contributed by atoms with Gasteiger partial charge in [-0.05, 0) is 55.2 Å². The first-order chi connectivity index (χ1) is 14.0. The van der Waals surface area contributed by atoms with E-state index in [-0.39, 0.29) is 11.7 Å². The van der Waals surface area contributed by atoms with Crippen molar-refractivity contribution in [1.29, 1.82) is 5.26 Å². The summed E-state index contributed by atoms with van der Waals surface area (Å²) in [5.74, 6) is 0.246. The molecule has 7 heteroatoms. The van der Waals surface area contributed by atoms with Crippen molar-refractivity contribution in [3.05, 3.63) is 58.9 Å². The molecular weight excluding hydrogens is 393 g/mol. The van der Waals surface area contributed by atoms with Crippen molar-refractivity contribution in [1.82, 2.24) is 4.90 Å². The quantitative estimate of drug-likeness (QED) is 0.825. The lowest BCUT2D eigenvalue weighted by Gasteiger charge is -2.39.